The van der Waals surface area contributed by atoms with Crippen molar-refractivity contribution in [2.24, 2.45) is 0 Å². The molecule has 0 aliphatic carbocycles. The molecule has 1 aromatic carbocycles. The molecule has 7 heteroatoms. The molecule has 25 heavy (non-hydrogen) atoms. The molecule has 0 fully saturated rings. The number of carbonyl (C=O) groups excluding carboxylic acids is 1. The molecule has 0 unspecified atom stereocenters. The molecule has 2 N–H and O–H groups in total. The van der Waals surface area contributed by atoms with Gasteiger partial charge in [-0.15, -0.1) is 0 Å². The van der Waals surface area contributed by atoms with E-state index >= 15 is 0 Å². The van der Waals surface area contributed by atoms with Crippen LogP contribution in [-0.2, 0) is 16.1 Å². The number of carboxylic acid groups (broad SMARTS) is 1. The monoisotopic (exact) mass is 345 g/mol. The van der Waals surface area contributed by atoms with Gasteiger partial charge in [0.25, 0.3) is 0 Å². The van der Waals surface area contributed by atoms with Crippen LogP contribution in [0.1, 0.15) is 42.2 Å². The third-order valence-electron chi connectivity index (χ3n) is 3.60. The van der Waals surface area contributed by atoms with Crippen LogP contribution >= 0.6 is 0 Å². The third-order valence-corrected chi connectivity index (χ3v) is 3.60. The Bertz CT molecular complexity index is 712. The Morgan fingerprint density at radius 3 is 2.84 bits per heavy atom. The lowest BCUT2D eigenvalue weighted by Crippen LogP contribution is -2.27. The Balaban J connectivity index is 1.84. The molecule has 1 aromatic heterocycles. The normalized spacial score (nSPS) is 10.6. The van der Waals surface area contributed by atoms with E-state index in [1.54, 1.807) is 6.20 Å². The van der Waals surface area contributed by atoms with E-state index in [9.17, 15) is 9.59 Å². The van der Waals surface area contributed by atoms with Gasteiger partial charge in [-0.2, -0.15) is 5.10 Å². The van der Waals surface area contributed by atoms with Crippen molar-refractivity contribution in [1.29, 1.82) is 0 Å². The predicted octanol–water partition coefficient (Wildman–Crippen LogP) is 2.39. The van der Waals surface area contributed by atoms with Crippen LogP contribution in [0.3, 0.4) is 0 Å². The number of nitrogens with zero attached hydrogens (tertiary/aromatic N) is 2. The molecule has 0 saturated carbocycles. The standard InChI is InChI=1S/C18H23N3O4/c1-2-3-4-10-25-13-17(22)19-12-14-6-5-7-15(11-14)21-9-8-16(20-21)18(23)24/h5-9,11H,2-4,10,12-13H2,1H3,(H,19,22)(H,23,24). The molecule has 1 heterocycles. The Morgan fingerprint density at radius 2 is 2.12 bits per heavy atom. The van der Waals surface area contributed by atoms with Gasteiger partial charge in [-0.25, -0.2) is 9.48 Å². The summed E-state index contributed by atoms with van der Waals surface area (Å²) >= 11 is 0. The highest BCUT2D eigenvalue weighted by Gasteiger charge is 2.08. The summed E-state index contributed by atoms with van der Waals surface area (Å²) in [6, 6.07) is 8.82. The van der Waals surface area contributed by atoms with Gasteiger partial charge < -0.3 is 15.2 Å². The van der Waals surface area contributed by atoms with E-state index < -0.39 is 5.97 Å². The first-order chi connectivity index (χ1) is 12.1. The minimum Gasteiger partial charge on any atom is -0.476 e. The molecule has 1 amide bonds. The first kappa shape index (κ1) is 18.7. The summed E-state index contributed by atoms with van der Waals surface area (Å²) < 4.78 is 6.81. The zero-order valence-electron chi connectivity index (χ0n) is 14.3. The summed E-state index contributed by atoms with van der Waals surface area (Å²) in [4.78, 5) is 22.7. The molecule has 0 aliphatic heterocycles. The fraction of sp³-hybridized carbons (Fsp3) is 0.389. The lowest BCUT2D eigenvalue weighted by Gasteiger charge is -2.08. The number of unbranched alkanes of at least 4 members (excludes halogenated alkanes) is 2. The Hall–Kier alpha value is -2.67. The van der Waals surface area contributed by atoms with Gasteiger partial charge in [0, 0.05) is 19.3 Å². The van der Waals surface area contributed by atoms with Crippen LogP contribution in [-0.4, -0.2) is 40.0 Å². The molecule has 2 rings (SSSR count). The number of amides is 1. The fourth-order valence-electron chi connectivity index (χ4n) is 2.26. The van der Waals surface area contributed by atoms with Gasteiger partial charge >= 0.3 is 5.97 Å². The number of aromatic carboxylic acids is 1. The van der Waals surface area contributed by atoms with Crippen LogP contribution in [0.25, 0.3) is 5.69 Å². The molecule has 2 aromatic rings. The zero-order valence-corrected chi connectivity index (χ0v) is 14.3. The maximum atomic E-state index is 11.8. The Labute approximate surface area is 146 Å². The van der Waals surface area contributed by atoms with Gasteiger partial charge in [-0.3, -0.25) is 4.79 Å². The third kappa shape index (κ3) is 6.04. The minimum atomic E-state index is -1.07. The van der Waals surface area contributed by atoms with Crippen LogP contribution in [0.5, 0.6) is 0 Å². The maximum Gasteiger partial charge on any atom is 0.356 e. The van der Waals surface area contributed by atoms with Crippen molar-refractivity contribution in [2.45, 2.75) is 32.7 Å². The number of benzene rings is 1. The van der Waals surface area contributed by atoms with Crippen LogP contribution in [0.4, 0.5) is 0 Å². The van der Waals surface area contributed by atoms with Crippen molar-refractivity contribution in [3.05, 3.63) is 47.8 Å². The predicted molar refractivity (Wildman–Crippen MR) is 92.7 cm³/mol. The summed E-state index contributed by atoms with van der Waals surface area (Å²) in [5, 5.41) is 15.7. The number of ether oxygens (including phenoxy) is 1. The van der Waals surface area contributed by atoms with Crippen LogP contribution < -0.4 is 5.32 Å². The van der Waals surface area contributed by atoms with E-state index in [4.69, 9.17) is 9.84 Å². The van der Waals surface area contributed by atoms with E-state index in [0.717, 1.165) is 30.5 Å². The highest BCUT2D eigenvalue weighted by molar-refractivity contribution is 5.85. The Kier molecular flexibility index (Phi) is 7.16. The number of aromatic nitrogens is 2. The molecule has 134 valence electrons. The SMILES string of the molecule is CCCCCOCC(=O)NCc1cccc(-n2ccc(C(=O)O)n2)c1. The van der Waals surface area contributed by atoms with Gasteiger partial charge in [0.2, 0.25) is 5.91 Å². The quantitative estimate of drug-likeness (QED) is 0.645. The van der Waals surface area contributed by atoms with Gasteiger partial charge in [-0.1, -0.05) is 31.9 Å². The lowest BCUT2D eigenvalue weighted by atomic mass is 10.2. The molecule has 7 nitrogen and oxygen atoms in total. The van der Waals surface area contributed by atoms with Crippen LogP contribution in [0.15, 0.2) is 36.5 Å². The summed E-state index contributed by atoms with van der Waals surface area (Å²) in [6.07, 6.45) is 4.78. The molecule has 0 radical (unpaired) electrons. The van der Waals surface area contributed by atoms with Crippen molar-refractivity contribution >= 4 is 11.9 Å². The number of nitrogens with one attached hydrogen (secondary N) is 1. The summed E-state index contributed by atoms with van der Waals surface area (Å²) in [5.41, 5.74) is 1.61. The van der Waals surface area contributed by atoms with Crippen LogP contribution in [0, 0.1) is 0 Å². The topological polar surface area (TPSA) is 93.5 Å². The molecule has 0 aliphatic rings. The van der Waals surface area contributed by atoms with Crippen molar-refractivity contribution in [1.82, 2.24) is 15.1 Å². The second-order valence-corrected chi connectivity index (χ2v) is 5.66. The van der Waals surface area contributed by atoms with E-state index in [0.29, 0.717) is 13.2 Å². The van der Waals surface area contributed by atoms with E-state index in [1.807, 2.05) is 24.3 Å². The highest BCUT2D eigenvalue weighted by atomic mass is 16.5. The molecular weight excluding hydrogens is 322 g/mol. The number of hydrogen-bond acceptors (Lipinski definition) is 4. The van der Waals surface area contributed by atoms with Crippen LogP contribution in [0.2, 0.25) is 0 Å². The van der Waals surface area contributed by atoms with Crippen molar-refractivity contribution in [3.63, 3.8) is 0 Å². The zero-order chi connectivity index (χ0) is 18.1. The second-order valence-electron chi connectivity index (χ2n) is 5.66. The molecule has 0 bridgehead atoms. The largest absolute Gasteiger partial charge is 0.476 e. The minimum absolute atomic E-state index is 0.0149. The molecular formula is C18H23N3O4. The number of hydrogen-bond donors (Lipinski definition) is 2. The van der Waals surface area contributed by atoms with Gasteiger partial charge in [0.15, 0.2) is 5.69 Å². The van der Waals surface area contributed by atoms with Gasteiger partial charge in [0.1, 0.15) is 6.61 Å². The number of carboxylic acids is 1. The highest BCUT2D eigenvalue weighted by Crippen LogP contribution is 2.11. The van der Waals surface area contributed by atoms with Gasteiger partial charge in [0.05, 0.1) is 5.69 Å². The smallest absolute Gasteiger partial charge is 0.356 e. The molecule has 0 spiro atoms. The van der Waals surface area contributed by atoms with Crippen molar-refractivity contribution in [2.75, 3.05) is 13.2 Å². The first-order valence-electron chi connectivity index (χ1n) is 8.33. The lowest BCUT2D eigenvalue weighted by molar-refractivity contribution is -0.125. The summed E-state index contributed by atoms with van der Waals surface area (Å²) in [6.45, 7) is 3.15. The number of carbonyl (C=O) groups is 2. The fourth-order valence-corrected chi connectivity index (χ4v) is 2.26. The molecule has 0 atom stereocenters. The van der Waals surface area contributed by atoms with E-state index in [2.05, 4.69) is 17.3 Å². The van der Waals surface area contributed by atoms with E-state index in [1.165, 1.54) is 10.7 Å². The summed E-state index contributed by atoms with van der Waals surface area (Å²) in [5.74, 6) is -1.23. The summed E-state index contributed by atoms with van der Waals surface area (Å²) in [7, 11) is 0. The van der Waals surface area contributed by atoms with Crippen molar-refractivity contribution < 1.29 is 19.4 Å². The first-order valence-corrected chi connectivity index (χ1v) is 8.33. The van der Waals surface area contributed by atoms with Gasteiger partial charge in [-0.05, 0) is 30.2 Å². The average Bonchev–Trinajstić information content (AvgIpc) is 3.10. The second kappa shape index (κ2) is 9.58. The van der Waals surface area contributed by atoms with Crippen molar-refractivity contribution in [3.8, 4) is 5.69 Å². The Morgan fingerprint density at radius 1 is 1.28 bits per heavy atom. The molecule has 0 saturated heterocycles. The maximum absolute atomic E-state index is 11.8. The number of rotatable bonds is 10. The van der Waals surface area contributed by atoms with E-state index in [-0.39, 0.29) is 18.2 Å². The average molecular weight is 345 g/mol.